The fourth-order valence-corrected chi connectivity index (χ4v) is 1.36. The first kappa shape index (κ1) is 17.8. The number of halogens is 1. The van der Waals surface area contributed by atoms with Crippen molar-refractivity contribution in [3.8, 4) is 0 Å². The minimum atomic E-state index is -0.0858. The number of nitrogens with zero attached hydrogens (tertiary/aromatic N) is 2. The molecule has 6 heteroatoms. The monoisotopic (exact) mass is 286 g/mol. The van der Waals surface area contributed by atoms with Gasteiger partial charge in [0.05, 0.1) is 18.1 Å². The van der Waals surface area contributed by atoms with Crippen LogP contribution in [0.2, 0.25) is 0 Å². The number of amides is 1. The zero-order chi connectivity index (χ0) is 13.8. The zero-order valence-corrected chi connectivity index (χ0v) is 12.8. The number of nitrogens with one attached hydrogen (secondary N) is 1. The quantitative estimate of drug-likeness (QED) is 0.889. The van der Waals surface area contributed by atoms with Crippen molar-refractivity contribution in [2.24, 2.45) is 5.73 Å². The van der Waals surface area contributed by atoms with Gasteiger partial charge in [0, 0.05) is 17.9 Å². The smallest absolute Gasteiger partial charge is 0.224 e. The molecule has 0 aromatic carbocycles. The first-order valence-corrected chi connectivity index (χ1v) is 6.17. The summed E-state index contributed by atoms with van der Waals surface area (Å²) in [4.78, 5) is 20.1. The lowest BCUT2D eigenvalue weighted by Gasteiger charge is -2.16. The summed E-state index contributed by atoms with van der Waals surface area (Å²) in [5.74, 6) is 0.704. The van der Waals surface area contributed by atoms with Gasteiger partial charge in [-0.15, -0.1) is 12.4 Å². The molecule has 5 nitrogen and oxygen atoms in total. The Morgan fingerprint density at radius 3 is 2.32 bits per heavy atom. The highest BCUT2D eigenvalue weighted by Crippen LogP contribution is 2.18. The molecule has 1 rings (SSSR count). The molecule has 0 aliphatic rings. The Morgan fingerprint density at radius 1 is 1.37 bits per heavy atom. The van der Waals surface area contributed by atoms with Gasteiger partial charge in [-0.2, -0.15) is 0 Å². The minimum Gasteiger partial charge on any atom is -0.328 e. The van der Waals surface area contributed by atoms with Crippen molar-refractivity contribution in [2.45, 2.75) is 52.0 Å². The lowest BCUT2D eigenvalue weighted by Crippen LogP contribution is -2.20. The Kier molecular flexibility index (Phi) is 6.94. The number of aromatic nitrogens is 2. The number of nitrogens with two attached hydrogens (primary N) is 1. The molecule has 0 aliphatic carbocycles. The molecular weight excluding hydrogens is 264 g/mol. The lowest BCUT2D eigenvalue weighted by molar-refractivity contribution is -0.116. The van der Waals surface area contributed by atoms with Crippen LogP contribution in [0.5, 0.6) is 0 Å². The summed E-state index contributed by atoms with van der Waals surface area (Å²) in [6, 6.07) is 0.0373. The normalized spacial score (nSPS) is 12.5. The molecular formula is C13H23ClN4O. The van der Waals surface area contributed by atoms with E-state index in [2.05, 4.69) is 15.3 Å². The summed E-state index contributed by atoms with van der Waals surface area (Å²) < 4.78 is 0. The average molecular weight is 287 g/mol. The van der Waals surface area contributed by atoms with Gasteiger partial charge in [0.2, 0.25) is 5.91 Å². The minimum absolute atomic E-state index is 0. The molecule has 0 aliphatic heterocycles. The Balaban J connectivity index is 0.00000324. The molecule has 1 amide bonds. The predicted octanol–water partition coefficient (Wildman–Crippen LogP) is 2.26. The van der Waals surface area contributed by atoms with Gasteiger partial charge in [0.15, 0.2) is 0 Å². The second-order valence-corrected chi connectivity index (χ2v) is 5.61. The van der Waals surface area contributed by atoms with Crippen LogP contribution < -0.4 is 11.1 Å². The average Bonchev–Trinajstić information content (AvgIpc) is 2.26. The maximum atomic E-state index is 11.6. The molecule has 108 valence electrons. The van der Waals surface area contributed by atoms with E-state index in [9.17, 15) is 4.79 Å². The van der Waals surface area contributed by atoms with Crippen LogP contribution in [0.4, 0.5) is 5.69 Å². The van der Waals surface area contributed by atoms with E-state index in [1.54, 1.807) is 12.4 Å². The molecule has 0 saturated heterocycles. The van der Waals surface area contributed by atoms with E-state index in [4.69, 9.17) is 5.73 Å². The van der Waals surface area contributed by atoms with Gasteiger partial charge in [0.25, 0.3) is 0 Å². The largest absolute Gasteiger partial charge is 0.328 e. The van der Waals surface area contributed by atoms with Crippen LogP contribution in [0, 0.1) is 0 Å². The van der Waals surface area contributed by atoms with Crippen LogP contribution in [-0.2, 0) is 10.2 Å². The highest BCUT2D eigenvalue weighted by Gasteiger charge is 2.16. The van der Waals surface area contributed by atoms with Gasteiger partial charge in [-0.3, -0.25) is 4.79 Å². The van der Waals surface area contributed by atoms with Crippen LogP contribution in [0.1, 0.15) is 46.4 Å². The van der Waals surface area contributed by atoms with E-state index in [1.165, 1.54) is 0 Å². The van der Waals surface area contributed by atoms with Crippen LogP contribution >= 0.6 is 12.4 Å². The Bertz CT molecular complexity index is 398. The van der Waals surface area contributed by atoms with E-state index in [0.717, 1.165) is 5.82 Å². The zero-order valence-electron chi connectivity index (χ0n) is 11.9. The van der Waals surface area contributed by atoms with Gasteiger partial charge in [-0.05, 0) is 13.3 Å². The SMILES string of the molecule is CC(N)CCC(=O)Nc1cnc(C(C)(C)C)nc1.Cl. The molecule has 0 saturated carbocycles. The molecule has 1 unspecified atom stereocenters. The third-order valence-corrected chi connectivity index (χ3v) is 2.43. The standard InChI is InChI=1S/C13H22N4O.ClH/c1-9(14)5-6-11(18)17-10-7-15-12(16-8-10)13(2,3)4;/h7-9H,5-6,14H2,1-4H3,(H,17,18);1H. The summed E-state index contributed by atoms with van der Waals surface area (Å²) >= 11 is 0. The second kappa shape index (κ2) is 7.40. The van der Waals surface area contributed by atoms with Gasteiger partial charge >= 0.3 is 0 Å². The number of hydrogen-bond donors (Lipinski definition) is 2. The van der Waals surface area contributed by atoms with Crippen LogP contribution in [-0.4, -0.2) is 21.9 Å². The number of hydrogen-bond acceptors (Lipinski definition) is 4. The summed E-state index contributed by atoms with van der Waals surface area (Å²) in [5, 5.41) is 2.76. The summed E-state index contributed by atoms with van der Waals surface area (Å²) in [5.41, 5.74) is 6.13. The van der Waals surface area contributed by atoms with Crippen LogP contribution in [0.15, 0.2) is 12.4 Å². The van der Waals surface area contributed by atoms with Gasteiger partial charge < -0.3 is 11.1 Å². The molecule has 0 bridgehead atoms. The molecule has 0 radical (unpaired) electrons. The number of rotatable bonds is 4. The fraction of sp³-hybridized carbons (Fsp3) is 0.615. The van der Waals surface area contributed by atoms with Gasteiger partial charge in [-0.1, -0.05) is 20.8 Å². The van der Waals surface area contributed by atoms with E-state index in [-0.39, 0.29) is 29.8 Å². The maximum Gasteiger partial charge on any atom is 0.224 e. The third kappa shape index (κ3) is 6.50. The van der Waals surface area contributed by atoms with Crippen LogP contribution in [0.3, 0.4) is 0 Å². The molecule has 0 fully saturated rings. The first-order valence-electron chi connectivity index (χ1n) is 6.17. The first-order chi connectivity index (χ1) is 8.29. The topological polar surface area (TPSA) is 80.9 Å². The summed E-state index contributed by atoms with van der Waals surface area (Å²) in [6.45, 7) is 8.02. The van der Waals surface area contributed by atoms with E-state index >= 15 is 0 Å². The Morgan fingerprint density at radius 2 is 1.89 bits per heavy atom. The van der Waals surface area contributed by atoms with Crippen molar-refractivity contribution in [3.63, 3.8) is 0 Å². The molecule has 1 atom stereocenters. The van der Waals surface area contributed by atoms with Crippen molar-refractivity contribution >= 4 is 24.0 Å². The van der Waals surface area contributed by atoms with Crippen molar-refractivity contribution in [1.29, 1.82) is 0 Å². The molecule has 1 aromatic rings. The summed E-state index contributed by atoms with van der Waals surface area (Å²) in [6.07, 6.45) is 4.36. The van der Waals surface area contributed by atoms with Crippen molar-refractivity contribution in [2.75, 3.05) is 5.32 Å². The van der Waals surface area contributed by atoms with E-state index in [0.29, 0.717) is 18.5 Å². The van der Waals surface area contributed by atoms with Gasteiger partial charge in [-0.25, -0.2) is 9.97 Å². The Labute approximate surface area is 120 Å². The van der Waals surface area contributed by atoms with E-state index < -0.39 is 0 Å². The fourth-order valence-electron chi connectivity index (χ4n) is 1.36. The molecule has 0 spiro atoms. The van der Waals surface area contributed by atoms with Crippen molar-refractivity contribution < 1.29 is 4.79 Å². The van der Waals surface area contributed by atoms with Crippen LogP contribution in [0.25, 0.3) is 0 Å². The summed E-state index contributed by atoms with van der Waals surface area (Å²) in [7, 11) is 0. The Hall–Kier alpha value is -1.20. The molecule has 3 N–H and O–H groups in total. The molecule has 1 aromatic heterocycles. The number of carbonyl (C=O) groups is 1. The van der Waals surface area contributed by atoms with Crippen molar-refractivity contribution in [1.82, 2.24) is 9.97 Å². The molecule has 19 heavy (non-hydrogen) atoms. The highest BCUT2D eigenvalue weighted by atomic mass is 35.5. The third-order valence-electron chi connectivity index (χ3n) is 2.43. The number of anilines is 1. The van der Waals surface area contributed by atoms with Crippen molar-refractivity contribution in [3.05, 3.63) is 18.2 Å². The lowest BCUT2D eigenvalue weighted by atomic mass is 9.96. The highest BCUT2D eigenvalue weighted by molar-refractivity contribution is 5.90. The van der Waals surface area contributed by atoms with Gasteiger partial charge in [0.1, 0.15) is 5.82 Å². The second-order valence-electron chi connectivity index (χ2n) is 5.61. The number of carbonyl (C=O) groups excluding carboxylic acids is 1. The predicted molar refractivity (Wildman–Crippen MR) is 79.5 cm³/mol. The molecule has 1 heterocycles. The maximum absolute atomic E-state index is 11.6. The van der Waals surface area contributed by atoms with E-state index in [1.807, 2.05) is 27.7 Å².